The summed E-state index contributed by atoms with van der Waals surface area (Å²) in [5, 5.41) is 14.4. The van der Waals surface area contributed by atoms with Crippen LogP contribution in [0.15, 0.2) is 78.9 Å². The van der Waals surface area contributed by atoms with Gasteiger partial charge in [-0.15, -0.1) is 0 Å². The lowest BCUT2D eigenvalue weighted by Crippen LogP contribution is -2.67. The van der Waals surface area contributed by atoms with E-state index < -0.39 is 8.32 Å². The van der Waals surface area contributed by atoms with E-state index in [0.717, 1.165) is 57.5 Å². The van der Waals surface area contributed by atoms with Gasteiger partial charge in [0.25, 0.3) is 8.32 Å². The second-order valence-electron chi connectivity index (χ2n) is 13.1. The van der Waals surface area contributed by atoms with Gasteiger partial charge in [-0.3, -0.25) is 10.1 Å². The third-order valence-electron chi connectivity index (χ3n) is 9.22. The van der Waals surface area contributed by atoms with Gasteiger partial charge in [-0.05, 0) is 41.4 Å². The van der Waals surface area contributed by atoms with Crippen LogP contribution in [0, 0.1) is 15.5 Å². The van der Waals surface area contributed by atoms with E-state index >= 15 is 0 Å². The molecule has 0 radical (unpaired) electrons. The molecule has 8 heteroatoms. The molecule has 1 aliphatic carbocycles. The van der Waals surface area contributed by atoms with E-state index in [-0.39, 0.29) is 21.1 Å². The van der Waals surface area contributed by atoms with E-state index in [9.17, 15) is 10.1 Å². The highest BCUT2D eigenvalue weighted by Crippen LogP contribution is 2.44. The smallest absolute Gasteiger partial charge is 0.311 e. The Morgan fingerprint density at radius 1 is 0.857 bits per heavy atom. The van der Waals surface area contributed by atoms with Crippen molar-refractivity contribution in [3.8, 4) is 5.75 Å². The van der Waals surface area contributed by atoms with Crippen LogP contribution in [0.5, 0.6) is 5.75 Å². The molecule has 0 atom stereocenters. The Labute approximate surface area is 251 Å². The van der Waals surface area contributed by atoms with E-state index in [1.807, 2.05) is 12.1 Å². The van der Waals surface area contributed by atoms with Crippen LogP contribution in [0.2, 0.25) is 5.04 Å². The Balaban J connectivity index is 1.43. The van der Waals surface area contributed by atoms with E-state index in [2.05, 4.69) is 98.3 Å². The fraction of sp³-hybridized carbons (Fsp3) is 0.471. The van der Waals surface area contributed by atoms with Gasteiger partial charge in [0.05, 0.1) is 11.5 Å². The van der Waals surface area contributed by atoms with E-state index in [4.69, 9.17) is 9.16 Å². The number of hydrogen-bond acceptors (Lipinski definition) is 6. The second kappa shape index (κ2) is 12.6. The molecule has 0 bridgehead atoms. The summed E-state index contributed by atoms with van der Waals surface area (Å²) in [7, 11) is -0.590. The summed E-state index contributed by atoms with van der Waals surface area (Å²) in [5.41, 5.74) is 0.798. The van der Waals surface area contributed by atoms with Crippen LogP contribution in [0.4, 0.5) is 11.4 Å². The average molecular weight is 588 g/mol. The van der Waals surface area contributed by atoms with Gasteiger partial charge < -0.3 is 19.0 Å². The predicted molar refractivity (Wildman–Crippen MR) is 173 cm³/mol. The molecular weight excluding hydrogens is 542 g/mol. The van der Waals surface area contributed by atoms with Crippen LogP contribution >= 0.6 is 0 Å². The zero-order chi connectivity index (χ0) is 29.8. The van der Waals surface area contributed by atoms with E-state index in [1.165, 1.54) is 10.4 Å². The van der Waals surface area contributed by atoms with Crippen LogP contribution in [-0.4, -0.2) is 64.6 Å². The van der Waals surface area contributed by atoms with Gasteiger partial charge in [0.1, 0.15) is 0 Å². The molecule has 3 aromatic carbocycles. The highest BCUT2D eigenvalue weighted by Gasteiger charge is 2.51. The van der Waals surface area contributed by atoms with Crippen molar-refractivity contribution in [3.05, 3.63) is 89.0 Å². The summed E-state index contributed by atoms with van der Waals surface area (Å²) in [4.78, 5) is 16.3. The Kier molecular flexibility index (Phi) is 9.06. The first-order valence-electron chi connectivity index (χ1n) is 15.2. The molecule has 224 valence electrons. The van der Waals surface area contributed by atoms with Crippen LogP contribution in [0.1, 0.15) is 46.5 Å². The predicted octanol–water partition coefficient (Wildman–Crippen LogP) is 5.86. The van der Waals surface area contributed by atoms with E-state index in [0.29, 0.717) is 19.0 Å². The zero-order valence-electron chi connectivity index (χ0n) is 25.6. The molecule has 2 aliphatic rings. The summed E-state index contributed by atoms with van der Waals surface area (Å²) in [6, 6.07) is 26.7. The van der Waals surface area contributed by atoms with Crippen molar-refractivity contribution in [2.24, 2.45) is 5.41 Å². The molecule has 2 fully saturated rings. The summed E-state index contributed by atoms with van der Waals surface area (Å²) < 4.78 is 13.8. The number of nitro benzene ring substituents is 1. The summed E-state index contributed by atoms with van der Waals surface area (Å²) in [6.07, 6.45) is 4.18. The lowest BCUT2D eigenvalue weighted by atomic mass is 9.88. The Morgan fingerprint density at radius 2 is 1.43 bits per heavy atom. The number of benzene rings is 3. The van der Waals surface area contributed by atoms with Crippen molar-refractivity contribution in [1.82, 2.24) is 4.90 Å². The Morgan fingerprint density at radius 3 is 1.95 bits per heavy atom. The number of likely N-dealkylation sites (N-methyl/N-ethyl adjacent to an activating group) is 1. The van der Waals surface area contributed by atoms with Gasteiger partial charge in [-0.2, -0.15) is 0 Å². The van der Waals surface area contributed by atoms with Crippen LogP contribution in [0.3, 0.4) is 0 Å². The van der Waals surface area contributed by atoms with Crippen LogP contribution in [0.25, 0.3) is 0 Å². The maximum absolute atomic E-state index is 12.0. The van der Waals surface area contributed by atoms with Crippen molar-refractivity contribution in [2.75, 3.05) is 51.3 Å². The first kappa shape index (κ1) is 30.3. The van der Waals surface area contributed by atoms with Crippen molar-refractivity contribution < 1.29 is 14.1 Å². The standard InChI is InChI=1S/C34H45N3O4Si/c1-33(2,3)42(29-13-7-5-8-14-29,30-15-9-6-10-16-30)41-27-34(19-11-12-20-34)26-40-32-25-28(17-18-31(32)37(38)39)36-23-21-35(4)22-24-36/h5-10,13-18,25H,11-12,19-24,26-27H2,1-4H3. The lowest BCUT2D eigenvalue weighted by molar-refractivity contribution is -0.386. The third-order valence-corrected chi connectivity index (χ3v) is 14.2. The van der Waals surface area contributed by atoms with Crippen LogP contribution in [-0.2, 0) is 4.43 Å². The molecule has 42 heavy (non-hydrogen) atoms. The molecule has 1 heterocycles. The number of ether oxygens (including phenoxy) is 1. The minimum atomic E-state index is -2.71. The van der Waals surface area contributed by atoms with Gasteiger partial charge in [-0.1, -0.05) is 94.3 Å². The number of rotatable bonds is 10. The maximum atomic E-state index is 12.0. The summed E-state index contributed by atoms with van der Waals surface area (Å²) in [6.45, 7) is 11.6. The molecule has 0 N–H and O–H groups in total. The normalized spacial score (nSPS) is 17.8. The first-order chi connectivity index (χ1) is 20.1. The molecule has 1 saturated carbocycles. The SMILES string of the molecule is CN1CCN(c2ccc([N+](=O)[O-])c(OCC3(CO[Si](c4ccccc4)(c4ccccc4)C(C)(C)C)CCCC3)c2)CC1. The third kappa shape index (κ3) is 6.26. The fourth-order valence-electron chi connectivity index (χ4n) is 6.74. The van der Waals surface area contributed by atoms with Crippen LogP contribution < -0.4 is 20.0 Å². The average Bonchev–Trinajstić information content (AvgIpc) is 3.46. The monoisotopic (exact) mass is 587 g/mol. The molecule has 1 aliphatic heterocycles. The van der Waals surface area contributed by atoms with Crippen molar-refractivity contribution in [3.63, 3.8) is 0 Å². The molecular formula is C34H45N3O4Si. The van der Waals surface area contributed by atoms with Gasteiger partial charge in [0.15, 0.2) is 5.75 Å². The maximum Gasteiger partial charge on any atom is 0.311 e. The highest BCUT2D eigenvalue weighted by molar-refractivity contribution is 6.99. The van der Waals surface area contributed by atoms with Gasteiger partial charge in [0.2, 0.25) is 0 Å². The zero-order valence-corrected chi connectivity index (χ0v) is 26.6. The minimum absolute atomic E-state index is 0.0222. The quantitative estimate of drug-likeness (QED) is 0.168. The fourth-order valence-corrected chi connectivity index (χ4v) is 11.4. The van der Waals surface area contributed by atoms with Crippen molar-refractivity contribution in [2.45, 2.75) is 51.5 Å². The number of nitro groups is 1. The Hall–Kier alpha value is -3.20. The molecule has 3 aromatic rings. The largest absolute Gasteiger partial charge is 0.486 e. The van der Waals surface area contributed by atoms with Gasteiger partial charge in [0, 0.05) is 56.0 Å². The highest BCUT2D eigenvalue weighted by atomic mass is 28.4. The molecule has 0 amide bonds. The number of hydrogen-bond donors (Lipinski definition) is 0. The summed E-state index contributed by atoms with van der Waals surface area (Å²) in [5.74, 6) is 0.355. The molecule has 0 spiro atoms. The van der Waals surface area contributed by atoms with Crippen molar-refractivity contribution in [1.29, 1.82) is 0 Å². The number of nitrogens with zero attached hydrogens (tertiary/aromatic N) is 3. The van der Waals surface area contributed by atoms with Gasteiger partial charge in [-0.25, -0.2) is 0 Å². The number of anilines is 1. The molecule has 7 nitrogen and oxygen atoms in total. The van der Waals surface area contributed by atoms with E-state index in [1.54, 1.807) is 6.07 Å². The molecule has 0 aromatic heterocycles. The molecule has 0 unspecified atom stereocenters. The lowest BCUT2D eigenvalue weighted by Gasteiger charge is -2.45. The van der Waals surface area contributed by atoms with Gasteiger partial charge >= 0.3 is 5.69 Å². The molecule has 1 saturated heterocycles. The van der Waals surface area contributed by atoms with Crippen molar-refractivity contribution >= 4 is 30.1 Å². The second-order valence-corrected chi connectivity index (χ2v) is 17.5. The molecule has 5 rings (SSSR count). The summed E-state index contributed by atoms with van der Waals surface area (Å²) >= 11 is 0. The Bertz CT molecular complexity index is 1290. The topological polar surface area (TPSA) is 68.1 Å². The first-order valence-corrected chi connectivity index (χ1v) is 17.1. The number of piperazine rings is 1. The minimum Gasteiger partial charge on any atom is -0.486 e.